The fourth-order valence-corrected chi connectivity index (χ4v) is 1.87. The zero-order valence-electron chi connectivity index (χ0n) is 14.5. The number of carboxylic acid groups (broad SMARTS) is 2. The topological polar surface area (TPSA) is 101 Å². The summed E-state index contributed by atoms with van der Waals surface area (Å²) in [7, 11) is 0. The number of aromatic carboxylic acids is 1. The van der Waals surface area contributed by atoms with Gasteiger partial charge in [-0.3, -0.25) is 4.79 Å². The van der Waals surface area contributed by atoms with Crippen molar-refractivity contribution in [3.63, 3.8) is 0 Å². The Morgan fingerprint density at radius 1 is 0.846 bits per heavy atom. The summed E-state index contributed by atoms with van der Waals surface area (Å²) in [5, 5.41) is 17.3. The number of allylic oxidation sites excluding steroid dienone is 1. The van der Waals surface area contributed by atoms with Gasteiger partial charge < -0.3 is 14.9 Å². The van der Waals surface area contributed by atoms with E-state index in [2.05, 4.69) is 0 Å². The molecule has 26 heavy (non-hydrogen) atoms. The molecule has 0 saturated carbocycles. The minimum atomic E-state index is -1.06. The summed E-state index contributed by atoms with van der Waals surface area (Å²) in [5.74, 6) is -1.93. The minimum Gasteiger partial charge on any atom is -0.482 e. The van der Waals surface area contributed by atoms with Gasteiger partial charge in [-0.1, -0.05) is 30.3 Å². The van der Waals surface area contributed by atoms with E-state index in [1.165, 1.54) is 30.3 Å². The Hall–Kier alpha value is -1.41. The molecular formula is C18H14Na2O6. The van der Waals surface area contributed by atoms with Crippen LogP contribution in [0.25, 0.3) is 6.08 Å². The molecule has 0 unspecified atom stereocenters. The standard InChI is InChI=1S/C18H14O6.2Na/c19-16(13-4-6-14(7-5-13)18(22)23)10-3-12-1-8-15(9-2-12)24-11-17(20)21;;/h1-10H,11H2,(H,20,21)(H,22,23);;/b10-3+;;. The second-order valence-corrected chi connectivity index (χ2v) is 4.83. The molecule has 2 aromatic rings. The van der Waals surface area contributed by atoms with Gasteiger partial charge in [0.1, 0.15) is 5.75 Å². The monoisotopic (exact) mass is 372 g/mol. The maximum Gasteiger partial charge on any atom is 0.341 e. The summed E-state index contributed by atoms with van der Waals surface area (Å²) in [6.45, 7) is -0.417. The normalized spacial score (nSPS) is 9.69. The molecule has 0 aliphatic carbocycles. The Morgan fingerprint density at radius 3 is 1.88 bits per heavy atom. The smallest absolute Gasteiger partial charge is 0.341 e. The molecule has 2 rings (SSSR count). The molecule has 0 bridgehead atoms. The van der Waals surface area contributed by atoms with Gasteiger partial charge in [-0.25, -0.2) is 9.59 Å². The second-order valence-electron chi connectivity index (χ2n) is 4.83. The van der Waals surface area contributed by atoms with Gasteiger partial charge in [0.2, 0.25) is 0 Å². The molecule has 0 spiro atoms. The number of carbonyl (C=O) groups excluding carboxylic acids is 1. The van der Waals surface area contributed by atoms with Gasteiger partial charge in [-0.2, -0.15) is 0 Å². The maximum absolute atomic E-state index is 12.0. The SMILES string of the molecule is O=C(O)COc1ccc(/C=C/C(=O)c2ccc(C(=O)O)cc2)cc1.[Na].[Na]. The van der Waals surface area contributed by atoms with Crippen molar-refractivity contribution in [3.05, 3.63) is 71.3 Å². The van der Waals surface area contributed by atoms with E-state index in [0.717, 1.165) is 5.56 Å². The van der Waals surface area contributed by atoms with Crippen LogP contribution in [0, 0.1) is 0 Å². The summed E-state index contributed by atoms with van der Waals surface area (Å²) in [6.07, 6.45) is 2.98. The van der Waals surface area contributed by atoms with Crippen LogP contribution in [0.15, 0.2) is 54.6 Å². The van der Waals surface area contributed by atoms with Crippen LogP contribution in [0.3, 0.4) is 0 Å². The van der Waals surface area contributed by atoms with Crippen LogP contribution in [0.2, 0.25) is 0 Å². The van der Waals surface area contributed by atoms with Crippen LogP contribution in [-0.2, 0) is 4.79 Å². The predicted molar refractivity (Wildman–Crippen MR) is 97.8 cm³/mol. The van der Waals surface area contributed by atoms with Crippen LogP contribution in [0.5, 0.6) is 5.75 Å². The Morgan fingerprint density at radius 2 is 1.38 bits per heavy atom. The number of benzene rings is 2. The van der Waals surface area contributed by atoms with Crippen molar-refractivity contribution in [1.29, 1.82) is 0 Å². The molecule has 6 nitrogen and oxygen atoms in total. The number of rotatable bonds is 7. The molecular weight excluding hydrogens is 358 g/mol. The van der Waals surface area contributed by atoms with Gasteiger partial charge in [0.05, 0.1) is 5.56 Å². The molecule has 0 aliphatic heterocycles. The van der Waals surface area contributed by atoms with E-state index < -0.39 is 18.5 Å². The first-order chi connectivity index (χ1) is 11.5. The van der Waals surface area contributed by atoms with E-state index in [9.17, 15) is 14.4 Å². The van der Waals surface area contributed by atoms with Crippen LogP contribution in [0.4, 0.5) is 0 Å². The zero-order chi connectivity index (χ0) is 17.5. The fraction of sp³-hybridized carbons (Fsp3) is 0.0556. The third-order valence-electron chi connectivity index (χ3n) is 3.09. The Balaban J connectivity index is 0.00000312. The Labute approximate surface area is 194 Å². The van der Waals surface area contributed by atoms with E-state index in [1.807, 2.05) is 0 Å². The van der Waals surface area contributed by atoms with Crippen molar-refractivity contribution >= 4 is 82.9 Å². The summed E-state index contributed by atoms with van der Waals surface area (Å²) in [5.41, 5.74) is 1.25. The predicted octanol–water partition coefficient (Wildman–Crippen LogP) is 1.98. The minimum absolute atomic E-state index is 0. The van der Waals surface area contributed by atoms with Crippen molar-refractivity contribution in [3.8, 4) is 5.75 Å². The molecule has 0 heterocycles. The van der Waals surface area contributed by atoms with E-state index in [-0.39, 0.29) is 70.5 Å². The molecule has 0 amide bonds. The van der Waals surface area contributed by atoms with Crippen LogP contribution >= 0.6 is 0 Å². The van der Waals surface area contributed by atoms with Gasteiger partial charge >= 0.3 is 11.9 Å². The van der Waals surface area contributed by atoms with Gasteiger partial charge in [-0.05, 0) is 35.9 Å². The first-order valence-electron chi connectivity index (χ1n) is 6.96. The van der Waals surface area contributed by atoms with Gasteiger partial charge in [0.25, 0.3) is 0 Å². The van der Waals surface area contributed by atoms with Crippen LogP contribution in [-0.4, -0.2) is 93.7 Å². The van der Waals surface area contributed by atoms with E-state index in [0.29, 0.717) is 11.3 Å². The molecule has 0 atom stereocenters. The summed E-state index contributed by atoms with van der Waals surface area (Å²) >= 11 is 0. The molecule has 124 valence electrons. The number of ether oxygens (including phenoxy) is 1. The number of ketones is 1. The molecule has 0 saturated heterocycles. The number of hydrogen-bond acceptors (Lipinski definition) is 4. The fourth-order valence-electron chi connectivity index (χ4n) is 1.87. The molecule has 2 N–H and O–H groups in total. The van der Waals surface area contributed by atoms with Crippen LogP contribution < -0.4 is 4.74 Å². The van der Waals surface area contributed by atoms with E-state index >= 15 is 0 Å². The quantitative estimate of drug-likeness (QED) is 0.438. The maximum atomic E-state index is 12.0. The summed E-state index contributed by atoms with van der Waals surface area (Å²) in [4.78, 5) is 33.2. The number of carbonyl (C=O) groups is 3. The largest absolute Gasteiger partial charge is 0.482 e. The number of hydrogen-bond donors (Lipinski definition) is 2. The first-order valence-corrected chi connectivity index (χ1v) is 6.96. The van der Waals surface area contributed by atoms with Crippen molar-refractivity contribution in [2.75, 3.05) is 6.61 Å². The van der Waals surface area contributed by atoms with Crippen molar-refractivity contribution in [1.82, 2.24) is 0 Å². The summed E-state index contributed by atoms with van der Waals surface area (Å²) < 4.78 is 5.01. The average Bonchev–Trinajstić information content (AvgIpc) is 2.58. The zero-order valence-corrected chi connectivity index (χ0v) is 18.5. The molecule has 2 aromatic carbocycles. The Kier molecular flexibility index (Phi) is 11.4. The number of aliphatic carboxylic acids is 1. The first kappa shape index (κ1) is 24.6. The Bertz CT molecular complexity index is 782. The van der Waals surface area contributed by atoms with E-state index in [4.69, 9.17) is 14.9 Å². The third kappa shape index (κ3) is 7.86. The van der Waals surface area contributed by atoms with Gasteiger partial charge in [0.15, 0.2) is 12.4 Å². The second kappa shape index (κ2) is 12.1. The van der Waals surface area contributed by atoms with Crippen molar-refractivity contribution < 1.29 is 29.3 Å². The molecule has 0 fully saturated rings. The molecule has 0 aliphatic rings. The average molecular weight is 372 g/mol. The van der Waals surface area contributed by atoms with Gasteiger partial charge in [-0.15, -0.1) is 0 Å². The van der Waals surface area contributed by atoms with Gasteiger partial charge in [0, 0.05) is 64.7 Å². The van der Waals surface area contributed by atoms with Crippen molar-refractivity contribution in [2.24, 2.45) is 0 Å². The summed E-state index contributed by atoms with van der Waals surface area (Å²) in [6, 6.07) is 12.3. The third-order valence-corrected chi connectivity index (χ3v) is 3.09. The molecule has 0 aromatic heterocycles. The van der Waals surface area contributed by atoms with Crippen LogP contribution in [0.1, 0.15) is 26.3 Å². The molecule has 8 heteroatoms. The van der Waals surface area contributed by atoms with E-state index in [1.54, 1.807) is 30.3 Å². The number of carboxylic acids is 2. The molecule has 2 radical (unpaired) electrons. The van der Waals surface area contributed by atoms with Crippen molar-refractivity contribution in [2.45, 2.75) is 0 Å².